The Labute approximate surface area is 287 Å². The highest BCUT2D eigenvalue weighted by atomic mass is 16.2. The highest BCUT2D eigenvalue weighted by Gasteiger charge is 2.40. The standard InChI is InChI=1S/C38H69N5O4/c1-11-12-13-14-15-16-18-23-39-34(44)30-22-20-25-43(30)36(46)29(6)26-32(27(2)3)41(10)37(47)33(38(7,8)9)40-35(45)31-21-17-19-24-42(31)28(4)5/h26-28,30-33H,11-25H2,1-10H3,(H,39,44)(H,40,45)/t30-,31?,32+,33+/m0/s1. The molecule has 2 rings (SSSR count). The van der Waals surface area contributed by atoms with Crippen LogP contribution in [0.15, 0.2) is 11.6 Å². The first-order valence-electron chi connectivity index (χ1n) is 18.7. The van der Waals surface area contributed by atoms with E-state index in [1.165, 1.54) is 32.1 Å². The predicted octanol–water partition coefficient (Wildman–Crippen LogP) is 6.07. The quantitative estimate of drug-likeness (QED) is 0.146. The van der Waals surface area contributed by atoms with Crippen LogP contribution in [0, 0.1) is 11.3 Å². The van der Waals surface area contributed by atoms with Crippen LogP contribution in [-0.4, -0.2) is 95.2 Å². The SMILES string of the molecule is CCCCCCCCCNC(=O)[C@@H]1CCCN1C(=O)C(C)=C[C@H](C(C)C)N(C)C(=O)[C@@H](NC(=O)C1CCCCN1C(C)C)C(C)(C)C. The monoisotopic (exact) mass is 660 g/mol. The van der Waals surface area contributed by atoms with Gasteiger partial charge in [0.15, 0.2) is 0 Å². The molecule has 1 unspecified atom stereocenters. The number of likely N-dealkylation sites (N-methyl/N-ethyl adjacent to an activating group) is 1. The third kappa shape index (κ3) is 12.2. The van der Waals surface area contributed by atoms with Crippen LogP contribution >= 0.6 is 0 Å². The molecule has 2 aliphatic heterocycles. The van der Waals surface area contributed by atoms with Gasteiger partial charge in [-0.2, -0.15) is 0 Å². The highest BCUT2D eigenvalue weighted by Crippen LogP contribution is 2.27. The van der Waals surface area contributed by atoms with Gasteiger partial charge in [-0.05, 0) is 70.8 Å². The third-order valence-corrected chi connectivity index (χ3v) is 10.0. The van der Waals surface area contributed by atoms with E-state index in [9.17, 15) is 19.2 Å². The molecule has 4 amide bonds. The van der Waals surface area contributed by atoms with E-state index >= 15 is 0 Å². The van der Waals surface area contributed by atoms with Gasteiger partial charge < -0.3 is 20.4 Å². The Balaban J connectivity index is 2.10. The van der Waals surface area contributed by atoms with Gasteiger partial charge in [-0.1, -0.05) is 92.6 Å². The number of nitrogens with zero attached hydrogens (tertiary/aromatic N) is 3. The van der Waals surface area contributed by atoms with Gasteiger partial charge in [-0.15, -0.1) is 0 Å². The molecule has 0 spiro atoms. The van der Waals surface area contributed by atoms with E-state index in [0.29, 0.717) is 25.1 Å². The van der Waals surface area contributed by atoms with E-state index in [0.717, 1.165) is 45.1 Å². The van der Waals surface area contributed by atoms with E-state index in [4.69, 9.17) is 0 Å². The molecular formula is C38H69N5O4. The molecule has 2 N–H and O–H groups in total. The number of unbranched alkanes of at least 4 members (excludes halogenated alkanes) is 6. The summed E-state index contributed by atoms with van der Waals surface area (Å²) in [5.74, 6) is -0.459. The van der Waals surface area contributed by atoms with Gasteiger partial charge in [-0.25, -0.2) is 0 Å². The number of hydrogen-bond acceptors (Lipinski definition) is 5. The lowest BCUT2D eigenvalue weighted by Gasteiger charge is -2.41. The van der Waals surface area contributed by atoms with Crippen LogP contribution in [0.4, 0.5) is 0 Å². The Bertz CT molecular complexity index is 1050. The van der Waals surface area contributed by atoms with E-state index in [2.05, 4.69) is 36.3 Å². The molecule has 47 heavy (non-hydrogen) atoms. The summed E-state index contributed by atoms with van der Waals surface area (Å²) in [5.41, 5.74) is 0.0147. The second kappa shape index (κ2) is 19.5. The molecule has 0 radical (unpaired) electrons. The van der Waals surface area contributed by atoms with Crippen LogP contribution in [-0.2, 0) is 19.2 Å². The van der Waals surface area contributed by atoms with Crippen molar-refractivity contribution in [3.8, 4) is 0 Å². The topological polar surface area (TPSA) is 102 Å². The van der Waals surface area contributed by atoms with Crippen LogP contribution in [0.3, 0.4) is 0 Å². The van der Waals surface area contributed by atoms with Gasteiger partial charge >= 0.3 is 0 Å². The van der Waals surface area contributed by atoms with Gasteiger partial charge in [-0.3, -0.25) is 24.1 Å². The van der Waals surface area contributed by atoms with Crippen molar-refractivity contribution in [2.75, 3.05) is 26.7 Å². The number of carbonyl (C=O) groups excluding carboxylic acids is 4. The maximum Gasteiger partial charge on any atom is 0.249 e. The first-order valence-corrected chi connectivity index (χ1v) is 18.7. The molecule has 4 atom stereocenters. The fourth-order valence-corrected chi connectivity index (χ4v) is 7.09. The van der Waals surface area contributed by atoms with Crippen molar-refractivity contribution in [2.45, 2.75) is 170 Å². The number of carbonyl (C=O) groups is 4. The number of rotatable bonds is 17. The Hall–Kier alpha value is -2.42. The molecule has 2 aliphatic rings. The molecule has 9 nitrogen and oxygen atoms in total. The molecule has 0 saturated carbocycles. The first-order chi connectivity index (χ1) is 22.1. The number of nitrogens with one attached hydrogen (secondary N) is 2. The van der Waals surface area contributed by atoms with Crippen LogP contribution < -0.4 is 10.6 Å². The van der Waals surface area contributed by atoms with Gasteiger partial charge in [0.25, 0.3) is 0 Å². The zero-order chi connectivity index (χ0) is 35.3. The van der Waals surface area contributed by atoms with E-state index in [-0.39, 0.29) is 47.7 Å². The molecule has 2 saturated heterocycles. The average Bonchev–Trinajstić information content (AvgIpc) is 3.52. The number of amides is 4. The third-order valence-electron chi connectivity index (χ3n) is 10.0. The lowest BCUT2D eigenvalue weighted by atomic mass is 9.84. The van der Waals surface area contributed by atoms with Crippen LogP contribution in [0.25, 0.3) is 0 Å². The number of hydrogen-bond donors (Lipinski definition) is 2. The smallest absolute Gasteiger partial charge is 0.249 e. The average molecular weight is 660 g/mol. The maximum absolute atomic E-state index is 14.2. The summed E-state index contributed by atoms with van der Waals surface area (Å²) in [6.07, 6.45) is 14.5. The van der Waals surface area contributed by atoms with Crippen molar-refractivity contribution in [3.05, 3.63) is 11.6 Å². The van der Waals surface area contributed by atoms with E-state index in [1.807, 2.05) is 40.7 Å². The normalized spacial score (nSPS) is 20.8. The fraction of sp³-hybridized carbons (Fsp3) is 0.842. The van der Waals surface area contributed by atoms with Crippen molar-refractivity contribution in [1.82, 2.24) is 25.3 Å². The Morgan fingerprint density at radius 2 is 1.47 bits per heavy atom. The van der Waals surface area contributed by atoms with E-state index in [1.54, 1.807) is 23.8 Å². The van der Waals surface area contributed by atoms with Crippen molar-refractivity contribution in [3.63, 3.8) is 0 Å². The number of likely N-dealkylation sites (tertiary alicyclic amines) is 2. The van der Waals surface area contributed by atoms with Crippen LogP contribution in [0.2, 0.25) is 0 Å². The molecule has 0 aliphatic carbocycles. The molecule has 0 aromatic heterocycles. The summed E-state index contributed by atoms with van der Waals surface area (Å²) < 4.78 is 0. The molecule has 9 heteroatoms. The van der Waals surface area contributed by atoms with Gasteiger partial charge in [0.2, 0.25) is 23.6 Å². The minimum absolute atomic E-state index is 0.0254. The molecule has 2 heterocycles. The molecular weight excluding hydrogens is 590 g/mol. The summed E-state index contributed by atoms with van der Waals surface area (Å²) in [6.45, 7) is 20.3. The summed E-state index contributed by atoms with van der Waals surface area (Å²) in [6, 6.07) is -1.53. The van der Waals surface area contributed by atoms with Gasteiger partial charge in [0.1, 0.15) is 12.1 Å². The summed E-state index contributed by atoms with van der Waals surface area (Å²) in [5, 5.41) is 6.22. The van der Waals surface area contributed by atoms with Crippen LogP contribution in [0.5, 0.6) is 0 Å². The summed E-state index contributed by atoms with van der Waals surface area (Å²) in [4.78, 5) is 60.2. The lowest BCUT2D eigenvalue weighted by Crippen LogP contribution is -2.60. The Morgan fingerprint density at radius 3 is 2.06 bits per heavy atom. The molecule has 0 aromatic carbocycles. The predicted molar refractivity (Wildman–Crippen MR) is 192 cm³/mol. The highest BCUT2D eigenvalue weighted by molar-refractivity contribution is 5.97. The minimum atomic E-state index is -0.718. The summed E-state index contributed by atoms with van der Waals surface area (Å²) >= 11 is 0. The van der Waals surface area contributed by atoms with Gasteiger partial charge in [0, 0.05) is 31.8 Å². The van der Waals surface area contributed by atoms with Crippen molar-refractivity contribution >= 4 is 23.6 Å². The van der Waals surface area contributed by atoms with Crippen LogP contribution in [0.1, 0.15) is 139 Å². The molecule has 0 aromatic rings. The summed E-state index contributed by atoms with van der Waals surface area (Å²) in [7, 11) is 1.77. The van der Waals surface area contributed by atoms with Crippen molar-refractivity contribution < 1.29 is 19.2 Å². The molecule has 2 fully saturated rings. The second-order valence-corrected chi connectivity index (χ2v) is 15.8. The van der Waals surface area contributed by atoms with Gasteiger partial charge in [0.05, 0.1) is 12.1 Å². The Kier molecular flexibility index (Phi) is 16.9. The van der Waals surface area contributed by atoms with Crippen molar-refractivity contribution in [1.29, 1.82) is 0 Å². The zero-order valence-electron chi connectivity index (χ0n) is 31.6. The zero-order valence-corrected chi connectivity index (χ0v) is 31.6. The number of piperidine rings is 1. The minimum Gasteiger partial charge on any atom is -0.354 e. The molecule has 0 bridgehead atoms. The largest absolute Gasteiger partial charge is 0.354 e. The maximum atomic E-state index is 14.2. The molecule has 270 valence electrons. The lowest BCUT2D eigenvalue weighted by molar-refractivity contribution is -0.142. The first kappa shape index (κ1) is 40.8. The fourth-order valence-electron chi connectivity index (χ4n) is 7.09. The second-order valence-electron chi connectivity index (χ2n) is 15.8. The van der Waals surface area contributed by atoms with E-state index < -0.39 is 17.5 Å². The van der Waals surface area contributed by atoms with Crippen molar-refractivity contribution in [2.24, 2.45) is 11.3 Å². The Morgan fingerprint density at radius 1 is 0.851 bits per heavy atom.